The second-order valence-electron chi connectivity index (χ2n) is 8.49. The molecular weight excluding hydrogens is 367 g/mol. The number of hydrogen-bond donors (Lipinski definition) is 0. The van der Waals surface area contributed by atoms with Gasteiger partial charge in [0.1, 0.15) is 5.82 Å². The predicted octanol–water partition coefficient (Wildman–Crippen LogP) is 3.65. The van der Waals surface area contributed by atoms with Gasteiger partial charge >= 0.3 is 0 Å². The van der Waals surface area contributed by atoms with Crippen LogP contribution in [0.2, 0.25) is 0 Å². The summed E-state index contributed by atoms with van der Waals surface area (Å²) in [5.41, 5.74) is 1.01. The highest BCUT2D eigenvalue weighted by atomic mass is 19.1. The molecule has 2 heterocycles. The van der Waals surface area contributed by atoms with E-state index in [0.717, 1.165) is 62.9 Å². The normalized spacial score (nSPS) is 20.3. The van der Waals surface area contributed by atoms with E-state index in [0.29, 0.717) is 6.54 Å². The molecule has 1 aromatic carbocycles. The fourth-order valence-corrected chi connectivity index (χ4v) is 4.88. The molecular formula is C22H33FN6. The fourth-order valence-electron chi connectivity index (χ4n) is 4.88. The summed E-state index contributed by atoms with van der Waals surface area (Å²) >= 11 is 0. The molecule has 29 heavy (non-hydrogen) atoms. The molecule has 6 nitrogen and oxygen atoms in total. The van der Waals surface area contributed by atoms with Crippen LogP contribution in [0.1, 0.15) is 69.3 Å². The number of hydrogen-bond acceptors (Lipinski definition) is 5. The van der Waals surface area contributed by atoms with Crippen molar-refractivity contribution in [2.75, 3.05) is 26.2 Å². The topological polar surface area (TPSA) is 50.1 Å². The van der Waals surface area contributed by atoms with E-state index in [1.54, 1.807) is 0 Å². The van der Waals surface area contributed by atoms with Crippen molar-refractivity contribution < 1.29 is 4.39 Å². The van der Waals surface area contributed by atoms with Gasteiger partial charge in [-0.1, -0.05) is 44.7 Å². The van der Waals surface area contributed by atoms with Crippen LogP contribution in [0.15, 0.2) is 24.3 Å². The van der Waals surface area contributed by atoms with Crippen LogP contribution < -0.4 is 0 Å². The number of halogens is 1. The van der Waals surface area contributed by atoms with Crippen LogP contribution in [-0.2, 0) is 6.54 Å². The lowest BCUT2D eigenvalue weighted by Crippen LogP contribution is -2.50. The van der Waals surface area contributed by atoms with Crippen LogP contribution in [0, 0.1) is 5.82 Å². The lowest BCUT2D eigenvalue weighted by atomic mass is 10.1. The van der Waals surface area contributed by atoms with E-state index in [-0.39, 0.29) is 11.9 Å². The molecule has 1 aliphatic carbocycles. The van der Waals surface area contributed by atoms with Crippen molar-refractivity contribution in [3.63, 3.8) is 0 Å². The quantitative estimate of drug-likeness (QED) is 0.677. The van der Waals surface area contributed by atoms with E-state index in [2.05, 4.69) is 32.2 Å². The van der Waals surface area contributed by atoms with Gasteiger partial charge in [0.05, 0.1) is 12.6 Å². The van der Waals surface area contributed by atoms with Crippen LogP contribution in [-0.4, -0.2) is 62.2 Å². The van der Waals surface area contributed by atoms with Gasteiger partial charge in [-0.05, 0) is 47.4 Å². The molecule has 2 aromatic rings. The van der Waals surface area contributed by atoms with E-state index in [1.807, 2.05) is 16.8 Å². The molecule has 1 saturated heterocycles. The van der Waals surface area contributed by atoms with Crippen molar-refractivity contribution >= 4 is 0 Å². The van der Waals surface area contributed by atoms with Crippen molar-refractivity contribution in [2.45, 2.75) is 70.5 Å². The van der Waals surface area contributed by atoms with Crippen LogP contribution in [0.3, 0.4) is 0 Å². The first kappa shape index (κ1) is 20.4. The first-order valence-electron chi connectivity index (χ1n) is 11.2. The summed E-state index contributed by atoms with van der Waals surface area (Å²) in [6, 6.07) is 7.66. The number of tetrazole rings is 1. The van der Waals surface area contributed by atoms with Gasteiger partial charge in [-0.25, -0.2) is 9.07 Å². The van der Waals surface area contributed by atoms with Crippen molar-refractivity contribution in [3.05, 3.63) is 41.5 Å². The average molecular weight is 401 g/mol. The van der Waals surface area contributed by atoms with Gasteiger partial charge in [0.15, 0.2) is 5.82 Å². The maximum Gasteiger partial charge on any atom is 0.168 e. The molecule has 0 bridgehead atoms. The highest BCUT2D eigenvalue weighted by Crippen LogP contribution is 2.29. The molecule has 2 fully saturated rings. The summed E-state index contributed by atoms with van der Waals surface area (Å²) in [4.78, 5) is 5.27. The Bertz CT molecular complexity index is 747. The van der Waals surface area contributed by atoms with Crippen LogP contribution in [0.5, 0.6) is 0 Å². The van der Waals surface area contributed by atoms with E-state index >= 15 is 0 Å². The molecule has 1 saturated carbocycles. The Morgan fingerprint density at radius 1 is 1.07 bits per heavy atom. The Kier molecular flexibility index (Phi) is 6.87. The van der Waals surface area contributed by atoms with Gasteiger partial charge in [-0.2, -0.15) is 0 Å². The van der Waals surface area contributed by atoms with Gasteiger partial charge < -0.3 is 0 Å². The van der Waals surface area contributed by atoms with Crippen molar-refractivity contribution in [2.24, 2.45) is 0 Å². The Hall–Kier alpha value is -1.86. The standard InChI is InChI=1S/C22H33FN6/c1-2-3-8-21(28-15-13-27(14-16-28)20-6-4-5-7-20)22-24-25-26-29(22)17-18-9-11-19(23)12-10-18/h9-12,20-21H,2-8,13-17H2,1H3. The maximum atomic E-state index is 13.2. The Labute approximate surface area is 173 Å². The Balaban J connectivity index is 1.46. The zero-order valence-corrected chi connectivity index (χ0v) is 17.5. The average Bonchev–Trinajstić information content (AvgIpc) is 3.43. The highest BCUT2D eigenvalue weighted by Gasteiger charge is 2.31. The monoisotopic (exact) mass is 400 g/mol. The number of nitrogens with zero attached hydrogens (tertiary/aromatic N) is 6. The number of benzene rings is 1. The van der Waals surface area contributed by atoms with Gasteiger partial charge in [0.2, 0.25) is 0 Å². The molecule has 0 N–H and O–H groups in total. The third kappa shape index (κ3) is 5.01. The van der Waals surface area contributed by atoms with Crippen LogP contribution in [0.4, 0.5) is 4.39 Å². The summed E-state index contributed by atoms with van der Waals surface area (Å²) in [6.07, 6.45) is 8.92. The highest BCUT2D eigenvalue weighted by molar-refractivity contribution is 5.16. The van der Waals surface area contributed by atoms with Crippen LogP contribution >= 0.6 is 0 Å². The summed E-state index contributed by atoms with van der Waals surface area (Å²) in [6.45, 7) is 7.26. The molecule has 2 aliphatic rings. The molecule has 0 radical (unpaired) electrons. The molecule has 0 spiro atoms. The molecule has 1 unspecified atom stereocenters. The smallest absolute Gasteiger partial charge is 0.168 e. The number of rotatable bonds is 8. The summed E-state index contributed by atoms with van der Waals surface area (Å²) < 4.78 is 15.1. The van der Waals surface area contributed by atoms with Gasteiger partial charge in [0, 0.05) is 32.2 Å². The van der Waals surface area contributed by atoms with Gasteiger partial charge in [0.25, 0.3) is 0 Å². The van der Waals surface area contributed by atoms with E-state index in [9.17, 15) is 4.39 Å². The van der Waals surface area contributed by atoms with Crippen molar-refractivity contribution in [1.29, 1.82) is 0 Å². The second kappa shape index (κ2) is 9.76. The van der Waals surface area contributed by atoms with Gasteiger partial charge in [-0.15, -0.1) is 5.10 Å². The molecule has 7 heteroatoms. The maximum absolute atomic E-state index is 13.2. The summed E-state index contributed by atoms with van der Waals surface area (Å²) in [5, 5.41) is 12.7. The minimum absolute atomic E-state index is 0.216. The number of unbranched alkanes of at least 4 members (excludes halogenated alkanes) is 1. The Morgan fingerprint density at radius 2 is 1.79 bits per heavy atom. The molecule has 0 amide bonds. The molecule has 1 atom stereocenters. The number of aromatic nitrogens is 4. The summed E-state index contributed by atoms with van der Waals surface area (Å²) in [7, 11) is 0. The summed E-state index contributed by atoms with van der Waals surface area (Å²) in [5.74, 6) is 0.726. The molecule has 158 valence electrons. The lowest BCUT2D eigenvalue weighted by molar-refractivity contribution is 0.0622. The fraction of sp³-hybridized carbons (Fsp3) is 0.682. The first-order valence-corrected chi connectivity index (χ1v) is 11.2. The SMILES string of the molecule is CCCCC(c1nnnn1Cc1ccc(F)cc1)N1CCN(C2CCCC2)CC1. The van der Waals surface area contributed by atoms with E-state index in [4.69, 9.17) is 0 Å². The zero-order chi connectivity index (χ0) is 20.1. The minimum Gasteiger partial charge on any atom is -0.298 e. The first-order chi connectivity index (χ1) is 14.2. The minimum atomic E-state index is -0.216. The predicted molar refractivity (Wildman–Crippen MR) is 111 cm³/mol. The largest absolute Gasteiger partial charge is 0.298 e. The molecule has 4 rings (SSSR count). The second-order valence-corrected chi connectivity index (χ2v) is 8.49. The lowest BCUT2D eigenvalue weighted by Gasteiger charge is -2.41. The third-order valence-corrected chi connectivity index (χ3v) is 6.57. The van der Waals surface area contributed by atoms with Crippen molar-refractivity contribution in [3.8, 4) is 0 Å². The Morgan fingerprint density at radius 3 is 2.48 bits per heavy atom. The number of piperazine rings is 1. The van der Waals surface area contributed by atoms with E-state index in [1.165, 1.54) is 37.8 Å². The molecule has 1 aliphatic heterocycles. The van der Waals surface area contributed by atoms with Gasteiger partial charge in [-0.3, -0.25) is 9.80 Å². The van der Waals surface area contributed by atoms with Crippen LogP contribution in [0.25, 0.3) is 0 Å². The third-order valence-electron chi connectivity index (χ3n) is 6.57. The molecule has 1 aromatic heterocycles. The zero-order valence-electron chi connectivity index (χ0n) is 17.5. The van der Waals surface area contributed by atoms with Crippen molar-refractivity contribution in [1.82, 2.24) is 30.0 Å². The van der Waals surface area contributed by atoms with E-state index < -0.39 is 0 Å².